The molecule has 0 radical (unpaired) electrons. The Labute approximate surface area is 108 Å². The van der Waals surface area contributed by atoms with Crippen molar-refractivity contribution in [2.75, 3.05) is 0 Å². The van der Waals surface area contributed by atoms with Crippen LogP contribution in [-0.2, 0) is 16.6 Å². The van der Waals surface area contributed by atoms with E-state index in [2.05, 4.69) is 6.07 Å². The van der Waals surface area contributed by atoms with E-state index in [-0.39, 0.29) is 0 Å². The summed E-state index contributed by atoms with van der Waals surface area (Å²) in [7, 11) is 0. The Morgan fingerprint density at radius 1 is 1.17 bits per heavy atom. The highest BCUT2D eigenvalue weighted by molar-refractivity contribution is 5.83. The predicted octanol–water partition coefficient (Wildman–Crippen LogP) is 3.54. The molecule has 1 fully saturated rings. The summed E-state index contributed by atoms with van der Waals surface area (Å²) in [6.07, 6.45) is 7.56. The van der Waals surface area contributed by atoms with Crippen LogP contribution in [0.1, 0.15) is 49.7 Å². The fourth-order valence-electron chi connectivity index (χ4n) is 4.06. The standard InChI is InChI=1S/C16H20O2/c17-15(18)16(13-7-2-1-3-8-13)11-10-12-6-4-5-9-14(12)16/h4-6,9,13H,1-3,7-8,10-11H2,(H,17,18). The fraction of sp³-hybridized carbons (Fsp3) is 0.562. The molecular formula is C16H20O2. The number of fused-ring (bicyclic) bond motifs is 1. The second-order valence-electron chi connectivity index (χ2n) is 5.77. The summed E-state index contributed by atoms with van der Waals surface area (Å²) < 4.78 is 0. The summed E-state index contributed by atoms with van der Waals surface area (Å²) in [6.45, 7) is 0. The first-order valence-corrected chi connectivity index (χ1v) is 7.07. The average Bonchev–Trinajstić information content (AvgIpc) is 2.80. The maximum absolute atomic E-state index is 12.0. The van der Waals surface area contributed by atoms with Crippen LogP contribution < -0.4 is 0 Å². The molecule has 3 rings (SSSR count). The van der Waals surface area contributed by atoms with Crippen LogP contribution in [0.4, 0.5) is 0 Å². The average molecular weight is 244 g/mol. The molecule has 0 saturated heterocycles. The van der Waals surface area contributed by atoms with Gasteiger partial charge in [0, 0.05) is 0 Å². The number of aryl methyl sites for hydroxylation is 1. The van der Waals surface area contributed by atoms with Gasteiger partial charge < -0.3 is 5.11 Å². The molecule has 1 saturated carbocycles. The van der Waals surface area contributed by atoms with E-state index in [1.807, 2.05) is 18.2 Å². The molecule has 0 bridgehead atoms. The van der Waals surface area contributed by atoms with Crippen molar-refractivity contribution in [3.63, 3.8) is 0 Å². The van der Waals surface area contributed by atoms with Crippen molar-refractivity contribution in [3.8, 4) is 0 Å². The minimum atomic E-state index is -0.598. The highest BCUT2D eigenvalue weighted by atomic mass is 16.4. The maximum atomic E-state index is 12.0. The van der Waals surface area contributed by atoms with Gasteiger partial charge in [0.25, 0.3) is 0 Å². The zero-order valence-electron chi connectivity index (χ0n) is 10.7. The first-order chi connectivity index (χ1) is 8.75. The van der Waals surface area contributed by atoms with Gasteiger partial charge in [-0.15, -0.1) is 0 Å². The predicted molar refractivity (Wildman–Crippen MR) is 70.7 cm³/mol. The van der Waals surface area contributed by atoms with E-state index < -0.39 is 11.4 Å². The van der Waals surface area contributed by atoms with Crippen LogP contribution in [0.25, 0.3) is 0 Å². The molecule has 0 amide bonds. The second-order valence-corrected chi connectivity index (χ2v) is 5.77. The van der Waals surface area contributed by atoms with E-state index in [0.29, 0.717) is 5.92 Å². The van der Waals surface area contributed by atoms with Crippen LogP contribution in [0.2, 0.25) is 0 Å². The Morgan fingerprint density at radius 3 is 2.61 bits per heavy atom. The molecule has 1 atom stereocenters. The second kappa shape index (κ2) is 4.42. The van der Waals surface area contributed by atoms with Crippen LogP contribution in [0, 0.1) is 5.92 Å². The van der Waals surface area contributed by atoms with Crippen LogP contribution in [-0.4, -0.2) is 11.1 Å². The van der Waals surface area contributed by atoms with E-state index in [1.54, 1.807) is 0 Å². The molecule has 0 aliphatic heterocycles. The Bertz CT molecular complexity index is 460. The molecule has 2 aliphatic carbocycles. The van der Waals surface area contributed by atoms with Gasteiger partial charge in [-0.1, -0.05) is 43.5 Å². The quantitative estimate of drug-likeness (QED) is 0.864. The summed E-state index contributed by atoms with van der Waals surface area (Å²) in [5, 5.41) is 9.86. The smallest absolute Gasteiger partial charge is 0.314 e. The Balaban J connectivity index is 2.06. The van der Waals surface area contributed by atoms with Crippen molar-refractivity contribution in [3.05, 3.63) is 35.4 Å². The fourth-order valence-corrected chi connectivity index (χ4v) is 4.06. The highest BCUT2D eigenvalue weighted by Gasteiger charge is 2.50. The van der Waals surface area contributed by atoms with Gasteiger partial charge in [-0.25, -0.2) is 0 Å². The number of carboxylic acid groups (broad SMARTS) is 1. The van der Waals surface area contributed by atoms with Crippen molar-refractivity contribution in [1.82, 2.24) is 0 Å². The van der Waals surface area contributed by atoms with E-state index in [1.165, 1.54) is 24.8 Å². The molecule has 1 unspecified atom stereocenters. The van der Waals surface area contributed by atoms with Crippen molar-refractivity contribution < 1.29 is 9.90 Å². The summed E-state index contributed by atoms with van der Waals surface area (Å²) in [4.78, 5) is 12.0. The zero-order chi connectivity index (χ0) is 12.6. The first kappa shape index (κ1) is 11.8. The summed E-state index contributed by atoms with van der Waals surface area (Å²) in [5.74, 6) is -0.258. The first-order valence-electron chi connectivity index (χ1n) is 7.07. The molecule has 18 heavy (non-hydrogen) atoms. The number of rotatable bonds is 2. The van der Waals surface area contributed by atoms with Crippen LogP contribution >= 0.6 is 0 Å². The van der Waals surface area contributed by atoms with Crippen LogP contribution in [0.15, 0.2) is 24.3 Å². The van der Waals surface area contributed by atoms with Gasteiger partial charge in [0.2, 0.25) is 0 Å². The molecule has 1 N–H and O–H groups in total. The Morgan fingerprint density at radius 2 is 1.89 bits per heavy atom. The van der Waals surface area contributed by atoms with Gasteiger partial charge in [0.05, 0.1) is 5.41 Å². The number of aliphatic carboxylic acids is 1. The van der Waals surface area contributed by atoms with Crippen LogP contribution in [0.5, 0.6) is 0 Å². The third kappa shape index (κ3) is 1.58. The van der Waals surface area contributed by atoms with E-state index in [0.717, 1.165) is 31.2 Å². The Hall–Kier alpha value is -1.31. The monoisotopic (exact) mass is 244 g/mol. The largest absolute Gasteiger partial charge is 0.481 e. The van der Waals surface area contributed by atoms with Gasteiger partial charge in [0.15, 0.2) is 0 Å². The van der Waals surface area contributed by atoms with E-state index >= 15 is 0 Å². The lowest BCUT2D eigenvalue weighted by molar-refractivity contribution is -0.147. The van der Waals surface area contributed by atoms with Gasteiger partial charge in [0.1, 0.15) is 0 Å². The molecule has 0 heterocycles. The minimum Gasteiger partial charge on any atom is -0.481 e. The molecule has 0 spiro atoms. The van der Waals surface area contributed by atoms with Crippen molar-refractivity contribution in [2.45, 2.75) is 50.4 Å². The highest BCUT2D eigenvalue weighted by Crippen LogP contribution is 2.49. The molecule has 2 heteroatoms. The van der Waals surface area contributed by atoms with E-state index in [4.69, 9.17) is 0 Å². The topological polar surface area (TPSA) is 37.3 Å². The number of hydrogen-bond donors (Lipinski definition) is 1. The van der Waals surface area contributed by atoms with E-state index in [9.17, 15) is 9.90 Å². The third-order valence-electron chi connectivity index (χ3n) is 4.97. The molecule has 2 nitrogen and oxygen atoms in total. The molecule has 0 aromatic heterocycles. The number of carboxylic acids is 1. The van der Waals surface area contributed by atoms with Crippen molar-refractivity contribution in [1.29, 1.82) is 0 Å². The summed E-state index contributed by atoms with van der Waals surface area (Å²) in [6, 6.07) is 8.16. The number of carbonyl (C=O) groups is 1. The molecule has 96 valence electrons. The van der Waals surface area contributed by atoms with Crippen molar-refractivity contribution >= 4 is 5.97 Å². The Kier molecular flexibility index (Phi) is 2.89. The number of benzene rings is 1. The lowest BCUT2D eigenvalue weighted by Gasteiger charge is -2.37. The zero-order valence-corrected chi connectivity index (χ0v) is 10.7. The normalized spacial score (nSPS) is 28.0. The van der Waals surface area contributed by atoms with Crippen molar-refractivity contribution in [2.24, 2.45) is 5.92 Å². The third-order valence-corrected chi connectivity index (χ3v) is 4.97. The lowest BCUT2D eigenvalue weighted by Crippen LogP contribution is -2.42. The number of hydrogen-bond acceptors (Lipinski definition) is 1. The van der Waals surface area contributed by atoms with Gasteiger partial charge in [-0.2, -0.15) is 0 Å². The molecule has 2 aliphatic rings. The summed E-state index contributed by atoms with van der Waals surface area (Å²) in [5.41, 5.74) is 1.77. The molecule has 1 aromatic rings. The lowest BCUT2D eigenvalue weighted by atomic mass is 9.65. The van der Waals surface area contributed by atoms with Gasteiger partial charge >= 0.3 is 5.97 Å². The minimum absolute atomic E-state index is 0.340. The maximum Gasteiger partial charge on any atom is 0.314 e. The summed E-state index contributed by atoms with van der Waals surface area (Å²) >= 11 is 0. The van der Waals surface area contributed by atoms with Gasteiger partial charge in [-0.05, 0) is 42.7 Å². The SMILES string of the molecule is O=C(O)C1(C2CCCCC2)CCc2ccccc21. The molecule has 1 aromatic carbocycles. The molecular weight excluding hydrogens is 224 g/mol. The van der Waals surface area contributed by atoms with Gasteiger partial charge in [-0.3, -0.25) is 4.79 Å². The van der Waals surface area contributed by atoms with Crippen LogP contribution in [0.3, 0.4) is 0 Å².